The van der Waals surface area contributed by atoms with Gasteiger partial charge in [0.05, 0.1) is 24.1 Å². The average Bonchev–Trinajstić information content (AvgIpc) is 3.29. The summed E-state index contributed by atoms with van der Waals surface area (Å²) in [6.45, 7) is 1.64. The molecule has 0 fully saturated rings. The molecule has 1 amide bonds. The van der Waals surface area contributed by atoms with Crippen LogP contribution in [0.2, 0.25) is 0 Å². The molecule has 1 aliphatic heterocycles. The first-order chi connectivity index (χ1) is 16.7. The predicted octanol–water partition coefficient (Wildman–Crippen LogP) is 3.92. The first-order valence-electron chi connectivity index (χ1n) is 10.9. The van der Waals surface area contributed by atoms with Crippen LogP contribution >= 0.6 is 0 Å². The number of carbonyl (C=O) groups is 1. The van der Waals surface area contributed by atoms with Crippen molar-refractivity contribution >= 4 is 34.0 Å². The smallest absolute Gasteiger partial charge is 0.250 e. The molecule has 0 saturated heterocycles. The van der Waals surface area contributed by atoms with E-state index in [-0.39, 0.29) is 5.91 Å². The van der Waals surface area contributed by atoms with Gasteiger partial charge in [0.25, 0.3) is 5.91 Å². The van der Waals surface area contributed by atoms with E-state index in [1.54, 1.807) is 23.5 Å². The predicted molar refractivity (Wildman–Crippen MR) is 131 cm³/mol. The number of benzene rings is 2. The van der Waals surface area contributed by atoms with Gasteiger partial charge < -0.3 is 19.5 Å². The van der Waals surface area contributed by atoms with Crippen molar-refractivity contribution in [3.63, 3.8) is 0 Å². The van der Waals surface area contributed by atoms with Gasteiger partial charge in [-0.05, 0) is 30.7 Å². The lowest BCUT2D eigenvalue weighted by molar-refractivity contribution is -0.114. The molecule has 1 aliphatic rings. The van der Waals surface area contributed by atoms with Gasteiger partial charge in [-0.15, -0.1) is 6.42 Å². The van der Waals surface area contributed by atoms with Gasteiger partial charge >= 0.3 is 0 Å². The van der Waals surface area contributed by atoms with Gasteiger partial charge in [-0.25, -0.2) is 15.0 Å². The number of aromatic nitrogens is 4. The van der Waals surface area contributed by atoms with E-state index in [1.807, 2.05) is 53.2 Å². The van der Waals surface area contributed by atoms with Crippen LogP contribution < -0.4 is 15.0 Å². The number of amides is 1. The molecule has 8 nitrogen and oxygen atoms in total. The van der Waals surface area contributed by atoms with Gasteiger partial charge in [0.15, 0.2) is 0 Å². The van der Waals surface area contributed by atoms with Gasteiger partial charge in [0.1, 0.15) is 17.9 Å². The molecular formula is C26H22N6O2. The Morgan fingerprint density at radius 3 is 3.06 bits per heavy atom. The SMILES string of the molecule is C#Cc1cccc(Nc2ncnc3cc4c(cc23)N(C(=O)/C=C/Cn2ccnc2)CCCO4)c1. The van der Waals surface area contributed by atoms with Crippen molar-refractivity contribution in [3.8, 4) is 18.1 Å². The molecule has 168 valence electrons. The van der Waals surface area contributed by atoms with Crippen LogP contribution in [-0.2, 0) is 11.3 Å². The van der Waals surface area contributed by atoms with Gasteiger partial charge in [-0.1, -0.05) is 18.1 Å². The summed E-state index contributed by atoms with van der Waals surface area (Å²) in [7, 11) is 0. The number of fused-ring (bicyclic) bond motifs is 2. The van der Waals surface area contributed by atoms with Crippen LogP contribution in [0.25, 0.3) is 10.9 Å². The second-order valence-electron chi connectivity index (χ2n) is 7.76. The van der Waals surface area contributed by atoms with E-state index in [0.717, 1.165) is 23.1 Å². The molecule has 0 bridgehead atoms. The second-order valence-corrected chi connectivity index (χ2v) is 7.76. The van der Waals surface area contributed by atoms with Gasteiger partial charge in [0.2, 0.25) is 0 Å². The maximum atomic E-state index is 13.1. The average molecular weight is 451 g/mol. The third-order valence-corrected chi connectivity index (χ3v) is 5.48. The number of nitrogens with zero attached hydrogens (tertiary/aromatic N) is 5. The van der Waals surface area contributed by atoms with Crippen LogP contribution in [0, 0.1) is 12.3 Å². The highest BCUT2D eigenvalue weighted by molar-refractivity contribution is 6.05. The van der Waals surface area contributed by atoms with Crippen molar-refractivity contribution in [3.05, 3.63) is 79.2 Å². The van der Waals surface area contributed by atoms with Crippen LogP contribution in [0.4, 0.5) is 17.2 Å². The quantitative estimate of drug-likeness (QED) is 0.366. The Bertz CT molecular complexity index is 1400. The summed E-state index contributed by atoms with van der Waals surface area (Å²) in [4.78, 5) is 27.7. The van der Waals surface area contributed by atoms with E-state index < -0.39 is 0 Å². The lowest BCUT2D eigenvalue weighted by atomic mass is 10.1. The maximum Gasteiger partial charge on any atom is 0.250 e. The molecule has 0 atom stereocenters. The molecule has 2 aromatic heterocycles. The van der Waals surface area contributed by atoms with Crippen molar-refractivity contribution in [2.75, 3.05) is 23.4 Å². The largest absolute Gasteiger partial charge is 0.491 e. The minimum atomic E-state index is -0.112. The first kappa shape index (κ1) is 21.2. The maximum absolute atomic E-state index is 13.1. The molecule has 0 unspecified atom stereocenters. The molecule has 0 aliphatic carbocycles. The van der Waals surface area contributed by atoms with Crippen molar-refractivity contribution < 1.29 is 9.53 Å². The minimum Gasteiger partial charge on any atom is -0.491 e. The number of terminal acetylenes is 1. The highest BCUT2D eigenvalue weighted by Gasteiger charge is 2.22. The Balaban J connectivity index is 1.49. The third kappa shape index (κ3) is 4.45. The summed E-state index contributed by atoms with van der Waals surface area (Å²) in [6.07, 6.45) is 16.4. The lowest BCUT2D eigenvalue weighted by Crippen LogP contribution is -2.29. The van der Waals surface area contributed by atoms with Crippen molar-refractivity contribution in [1.82, 2.24) is 19.5 Å². The van der Waals surface area contributed by atoms with Crippen molar-refractivity contribution in [1.29, 1.82) is 0 Å². The summed E-state index contributed by atoms with van der Waals surface area (Å²) in [5.74, 6) is 3.77. The summed E-state index contributed by atoms with van der Waals surface area (Å²) in [5.41, 5.74) is 2.99. The zero-order valence-corrected chi connectivity index (χ0v) is 18.4. The van der Waals surface area contributed by atoms with Crippen LogP contribution in [-0.4, -0.2) is 38.6 Å². The Labute approximate surface area is 196 Å². The highest BCUT2D eigenvalue weighted by Crippen LogP contribution is 2.37. The molecule has 0 saturated carbocycles. The lowest BCUT2D eigenvalue weighted by Gasteiger charge is -2.21. The number of carbonyl (C=O) groups excluding carboxylic acids is 1. The summed E-state index contributed by atoms with van der Waals surface area (Å²) < 4.78 is 7.85. The fourth-order valence-corrected chi connectivity index (χ4v) is 3.84. The number of hydrogen-bond donors (Lipinski definition) is 1. The highest BCUT2D eigenvalue weighted by atomic mass is 16.5. The number of ether oxygens (including phenoxy) is 1. The van der Waals surface area contributed by atoms with E-state index in [1.165, 1.54) is 6.33 Å². The summed E-state index contributed by atoms with van der Waals surface area (Å²) in [6, 6.07) is 11.3. The van der Waals surface area contributed by atoms with Gasteiger partial charge in [-0.3, -0.25) is 4.79 Å². The minimum absolute atomic E-state index is 0.112. The Morgan fingerprint density at radius 1 is 1.26 bits per heavy atom. The molecule has 5 rings (SSSR count). The molecular weight excluding hydrogens is 428 g/mol. The Kier molecular flexibility index (Phi) is 5.91. The van der Waals surface area contributed by atoms with Crippen LogP contribution in [0.1, 0.15) is 12.0 Å². The van der Waals surface area contributed by atoms with Crippen LogP contribution in [0.5, 0.6) is 5.75 Å². The fraction of sp³-hybridized carbons (Fsp3) is 0.154. The number of rotatable bonds is 5. The number of anilines is 3. The molecule has 34 heavy (non-hydrogen) atoms. The molecule has 2 aromatic carbocycles. The van der Waals surface area contributed by atoms with E-state index in [0.29, 0.717) is 42.5 Å². The Morgan fingerprint density at radius 2 is 2.21 bits per heavy atom. The van der Waals surface area contributed by atoms with Crippen LogP contribution in [0.15, 0.2) is 73.6 Å². The Hall–Kier alpha value is -4.64. The zero-order chi connectivity index (χ0) is 23.3. The fourth-order valence-electron chi connectivity index (χ4n) is 3.84. The topological polar surface area (TPSA) is 85.2 Å². The number of hydrogen-bond acceptors (Lipinski definition) is 6. The normalized spacial score (nSPS) is 13.2. The van der Waals surface area contributed by atoms with E-state index in [4.69, 9.17) is 11.2 Å². The standard InChI is InChI=1S/C26H22N6O2/c1-2-19-6-3-7-20(14-19)30-26-21-15-23-24(16-22(21)28-17-29-26)34-13-5-11-32(23)25(33)8-4-10-31-12-9-27-18-31/h1,3-4,6-9,12,14-18H,5,10-11,13H2,(H,28,29,30)/b8-4+. The zero-order valence-electron chi connectivity index (χ0n) is 18.4. The molecule has 3 heterocycles. The molecule has 4 aromatic rings. The van der Waals surface area contributed by atoms with Crippen molar-refractivity contribution in [2.24, 2.45) is 0 Å². The first-order valence-corrected chi connectivity index (χ1v) is 10.9. The molecule has 0 radical (unpaired) electrons. The number of nitrogens with one attached hydrogen (secondary N) is 1. The summed E-state index contributed by atoms with van der Waals surface area (Å²) >= 11 is 0. The van der Waals surface area contributed by atoms with E-state index in [9.17, 15) is 4.79 Å². The van der Waals surface area contributed by atoms with E-state index >= 15 is 0 Å². The number of allylic oxidation sites excluding steroid dienone is 1. The number of imidazole rings is 1. The third-order valence-electron chi connectivity index (χ3n) is 5.48. The second kappa shape index (κ2) is 9.46. The van der Waals surface area contributed by atoms with Gasteiger partial charge in [-0.2, -0.15) is 0 Å². The monoisotopic (exact) mass is 450 g/mol. The molecule has 0 spiro atoms. The molecule has 1 N–H and O–H groups in total. The van der Waals surface area contributed by atoms with Gasteiger partial charge in [0, 0.05) is 54.3 Å². The summed E-state index contributed by atoms with van der Waals surface area (Å²) in [5, 5.41) is 4.10. The molecule has 8 heteroatoms. The van der Waals surface area contributed by atoms with Crippen molar-refractivity contribution in [2.45, 2.75) is 13.0 Å². The van der Waals surface area contributed by atoms with E-state index in [2.05, 4.69) is 26.2 Å². The van der Waals surface area contributed by atoms with Crippen LogP contribution in [0.3, 0.4) is 0 Å².